The molecule has 0 saturated heterocycles. The van der Waals surface area contributed by atoms with Crippen LogP contribution in [0.2, 0.25) is 0 Å². The van der Waals surface area contributed by atoms with Crippen molar-refractivity contribution in [3.8, 4) is 24.3 Å². The van der Waals surface area contributed by atoms with Gasteiger partial charge in [-0.05, 0) is 18.2 Å². The van der Waals surface area contributed by atoms with E-state index in [1.165, 1.54) is 24.3 Å². The van der Waals surface area contributed by atoms with Gasteiger partial charge in [0.15, 0.2) is 0 Å². The molecule has 0 aliphatic rings. The van der Waals surface area contributed by atoms with Gasteiger partial charge in [-0.1, -0.05) is 0 Å². The minimum absolute atomic E-state index is 0.139. The third-order valence-electron chi connectivity index (χ3n) is 2.75. The lowest BCUT2D eigenvalue weighted by Gasteiger charge is -2.19. The summed E-state index contributed by atoms with van der Waals surface area (Å²) in [6.45, 7) is 0. The largest absolute Gasteiger partial charge is 0.416 e. The number of nitrogens with zero attached hydrogens (tertiary/aromatic N) is 6. The number of hydrogen-bond acceptors (Lipinski definition) is 6. The number of halogens is 6. The van der Waals surface area contributed by atoms with Crippen LogP contribution in [0.25, 0.3) is 0 Å². The van der Waals surface area contributed by atoms with Crippen molar-refractivity contribution >= 4 is 11.4 Å². The van der Waals surface area contributed by atoms with E-state index in [9.17, 15) is 26.3 Å². The number of hydrazone groups is 1. The van der Waals surface area contributed by atoms with E-state index >= 15 is 0 Å². The van der Waals surface area contributed by atoms with E-state index < -0.39 is 40.5 Å². The highest BCUT2D eigenvalue weighted by Gasteiger charge is 2.37. The summed E-state index contributed by atoms with van der Waals surface area (Å²) in [7, 11) is 0. The molecule has 0 fully saturated rings. The maximum absolute atomic E-state index is 12.9. The molecule has 12 heteroatoms. The van der Waals surface area contributed by atoms with Crippen molar-refractivity contribution in [3.63, 3.8) is 0 Å². The van der Waals surface area contributed by atoms with Gasteiger partial charge in [-0.3, -0.25) is 0 Å². The van der Waals surface area contributed by atoms with Gasteiger partial charge in [-0.15, -0.1) is 5.10 Å². The molecule has 0 radical (unpaired) electrons. The first-order valence-electron chi connectivity index (χ1n) is 6.45. The molecule has 0 heterocycles. The van der Waals surface area contributed by atoms with Crippen molar-refractivity contribution in [3.05, 3.63) is 41.1 Å². The Hall–Kier alpha value is -4.03. The van der Waals surface area contributed by atoms with Crippen LogP contribution in [-0.4, -0.2) is 5.71 Å². The molecule has 136 valence electrons. The summed E-state index contributed by atoms with van der Waals surface area (Å²) in [5, 5.41) is 38.4. The molecule has 0 spiro atoms. The van der Waals surface area contributed by atoms with Crippen LogP contribution in [0, 0.1) is 45.3 Å². The third kappa shape index (κ3) is 5.48. The summed E-state index contributed by atoms with van der Waals surface area (Å²) in [4.78, 5) is 0. The molecule has 0 bridgehead atoms. The Kier molecular flexibility index (Phi) is 6.15. The summed E-state index contributed by atoms with van der Waals surface area (Å²) in [6, 6.07) is 5.55. The second-order valence-electron chi connectivity index (χ2n) is 4.55. The number of rotatable bonds is 3. The Bertz CT molecular complexity index is 853. The van der Waals surface area contributed by atoms with Crippen molar-refractivity contribution in [2.75, 3.05) is 5.01 Å². The molecular formula is C15H4F6N6. The number of hydrogen-bond donors (Lipinski definition) is 0. The van der Waals surface area contributed by atoms with Crippen molar-refractivity contribution in [1.29, 1.82) is 21.0 Å². The molecule has 0 aromatic heterocycles. The zero-order chi connectivity index (χ0) is 20.8. The first-order chi connectivity index (χ1) is 12.5. The van der Waals surface area contributed by atoms with Gasteiger partial charge in [0.25, 0.3) is 0 Å². The van der Waals surface area contributed by atoms with Gasteiger partial charge in [0.2, 0.25) is 5.71 Å². The Balaban J connectivity index is 3.82. The highest BCUT2D eigenvalue weighted by Crippen LogP contribution is 2.38. The molecule has 1 aromatic rings. The fourth-order valence-corrected chi connectivity index (χ4v) is 1.61. The molecular weight excluding hydrogens is 378 g/mol. The maximum atomic E-state index is 12.9. The van der Waals surface area contributed by atoms with Crippen LogP contribution in [0.4, 0.5) is 32.0 Å². The van der Waals surface area contributed by atoms with Gasteiger partial charge in [0.1, 0.15) is 29.8 Å². The van der Waals surface area contributed by atoms with Crippen LogP contribution in [0.15, 0.2) is 35.1 Å². The van der Waals surface area contributed by atoms with E-state index in [-0.39, 0.29) is 23.2 Å². The lowest BCUT2D eigenvalue weighted by molar-refractivity contribution is -0.143. The normalized spacial score (nSPS) is 10.4. The van der Waals surface area contributed by atoms with Gasteiger partial charge in [0, 0.05) is 0 Å². The van der Waals surface area contributed by atoms with Crippen LogP contribution in [0.3, 0.4) is 0 Å². The van der Waals surface area contributed by atoms with Crippen LogP contribution in [-0.2, 0) is 12.4 Å². The molecule has 0 aliphatic carbocycles. The molecule has 0 unspecified atom stereocenters. The lowest BCUT2D eigenvalue weighted by Crippen LogP contribution is -2.16. The Morgan fingerprint density at radius 2 is 1.26 bits per heavy atom. The fourth-order valence-electron chi connectivity index (χ4n) is 1.61. The zero-order valence-corrected chi connectivity index (χ0v) is 12.8. The second-order valence-corrected chi connectivity index (χ2v) is 4.55. The molecule has 27 heavy (non-hydrogen) atoms. The van der Waals surface area contributed by atoms with E-state index in [4.69, 9.17) is 21.0 Å². The Labute approximate surface area is 147 Å². The topological polar surface area (TPSA) is 111 Å². The molecule has 6 nitrogen and oxygen atoms in total. The van der Waals surface area contributed by atoms with Crippen molar-refractivity contribution in [2.45, 2.75) is 12.4 Å². The average Bonchev–Trinajstić information content (AvgIpc) is 2.60. The van der Waals surface area contributed by atoms with E-state index in [0.29, 0.717) is 6.20 Å². The quantitative estimate of drug-likeness (QED) is 0.341. The fraction of sp³-hybridized carbons (Fsp3) is 0.133. The van der Waals surface area contributed by atoms with Crippen molar-refractivity contribution in [1.82, 2.24) is 0 Å². The molecule has 0 aliphatic heterocycles. The summed E-state index contributed by atoms with van der Waals surface area (Å²) >= 11 is 0. The summed E-state index contributed by atoms with van der Waals surface area (Å²) in [5.41, 5.74) is -5.94. The SMILES string of the molecule is N#CC(C#N)=CN(N=C(C#N)C#N)c1cc(C(F)(F)F)cc(C(F)(F)F)c1. The smallest absolute Gasteiger partial charge is 0.237 e. The lowest BCUT2D eigenvalue weighted by atomic mass is 10.1. The van der Waals surface area contributed by atoms with Crippen molar-refractivity contribution < 1.29 is 26.3 Å². The molecule has 0 N–H and O–H groups in total. The highest BCUT2D eigenvalue weighted by atomic mass is 19.4. The second kappa shape index (κ2) is 7.90. The van der Waals surface area contributed by atoms with Gasteiger partial charge in [0.05, 0.1) is 23.0 Å². The minimum atomic E-state index is -5.16. The number of nitriles is 4. The van der Waals surface area contributed by atoms with Gasteiger partial charge >= 0.3 is 12.4 Å². The van der Waals surface area contributed by atoms with E-state index in [1.54, 1.807) is 0 Å². The number of benzene rings is 1. The molecule has 1 aromatic carbocycles. The first-order valence-corrected chi connectivity index (χ1v) is 6.45. The molecule has 0 atom stereocenters. The zero-order valence-electron chi connectivity index (χ0n) is 12.8. The summed E-state index contributed by atoms with van der Waals surface area (Å²) in [6.07, 6.45) is -9.82. The molecule has 0 saturated carbocycles. The monoisotopic (exact) mass is 382 g/mol. The predicted molar refractivity (Wildman–Crippen MR) is 76.9 cm³/mol. The number of allylic oxidation sites excluding steroid dienone is 1. The van der Waals surface area contributed by atoms with Crippen LogP contribution >= 0.6 is 0 Å². The van der Waals surface area contributed by atoms with Gasteiger partial charge in [-0.25, -0.2) is 5.01 Å². The third-order valence-corrected chi connectivity index (χ3v) is 2.75. The average molecular weight is 382 g/mol. The summed E-state index contributed by atoms with van der Waals surface area (Å²) < 4.78 is 77.7. The van der Waals surface area contributed by atoms with Crippen LogP contribution in [0.1, 0.15) is 11.1 Å². The van der Waals surface area contributed by atoms with Gasteiger partial charge < -0.3 is 0 Å². The van der Waals surface area contributed by atoms with E-state index in [0.717, 1.165) is 0 Å². The van der Waals surface area contributed by atoms with Gasteiger partial charge in [-0.2, -0.15) is 47.4 Å². The highest BCUT2D eigenvalue weighted by molar-refractivity contribution is 6.10. The van der Waals surface area contributed by atoms with Crippen molar-refractivity contribution in [2.24, 2.45) is 5.10 Å². The summed E-state index contributed by atoms with van der Waals surface area (Å²) in [5.74, 6) is 0. The maximum Gasteiger partial charge on any atom is 0.416 e. The van der Waals surface area contributed by atoms with E-state index in [2.05, 4.69) is 5.10 Å². The van der Waals surface area contributed by atoms with Crippen LogP contribution in [0.5, 0.6) is 0 Å². The molecule has 1 rings (SSSR count). The first kappa shape index (κ1) is 21.0. The number of anilines is 1. The Morgan fingerprint density at radius 3 is 1.59 bits per heavy atom. The number of alkyl halides is 6. The van der Waals surface area contributed by atoms with Crippen LogP contribution < -0.4 is 5.01 Å². The Morgan fingerprint density at radius 1 is 0.815 bits per heavy atom. The minimum Gasteiger partial charge on any atom is -0.237 e. The molecule has 0 amide bonds. The predicted octanol–water partition coefficient (Wildman–Crippen LogP) is 3.86. The van der Waals surface area contributed by atoms with E-state index in [1.807, 2.05) is 0 Å². The standard InChI is InChI=1S/C15H4F6N6/c16-14(17,18)10-1-11(15(19,20)21)3-13(2-10)27(8-9(4-22)5-23)26-12(6-24)7-25/h1-3,8H.